The van der Waals surface area contributed by atoms with Gasteiger partial charge in [0.25, 0.3) is 0 Å². The molecule has 3 rings (SSSR count). The fourth-order valence-electron chi connectivity index (χ4n) is 3.41. The predicted octanol–water partition coefficient (Wildman–Crippen LogP) is 1.07. The van der Waals surface area contributed by atoms with E-state index in [-0.39, 0.29) is 52.8 Å². The lowest BCUT2D eigenvalue weighted by Crippen LogP contribution is -2.53. The van der Waals surface area contributed by atoms with Gasteiger partial charge in [-0.3, -0.25) is 19.4 Å². The fourth-order valence-corrected chi connectivity index (χ4v) is 5.22. The number of nitrogens with zero attached hydrogens (tertiary/aromatic N) is 3. The summed E-state index contributed by atoms with van der Waals surface area (Å²) in [6.45, 7) is 1.69. The van der Waals surface area contributed by atoms with Crippen LogP contribution < -0.4 is 0 Å². The minimum absolute atomic E-state index is 0.0770. The van der Waals surface area contributed by atoms with Crippen LogP contribution >= 0.6 is 23.2 Å². The highest BCUT2D eigenvalue weighted by atomic mass is 35.5. The Morgan fingerprint density at radius 1 is 1.11 bits per heavy atom. The first-order chi connectivity index (χ1) is 13.3. The van der Waals surface area contributed by atoms with Crippen LogP contribution in [0.15, 0.2) is 23.1 Å². The molecule has 0 aliphatic carbocycles. The Morgan fingerprint density at radius 3 is 2.39 bits per heavy atom. The number of methoxy groups -OCH3 is 1. The number of rotatable bonds is 6. The van der Waals surface area contributed by atoms with E-state index in [1.165, 1.54) is 34.5 Å². The first kappa shape index (κ1) is 21.5. The SMILES string of the molecule is COCCN1C(=O)C[C@@H](N2CCN(S(=O)(=O)c3ccc(Cl)c(Cl)c3)CC2)C1=O. The number of benzene rings is 1. The van der Waals surface area contributed by atoms with Crippen molar-refractivity contribution in [3.05, 3.63) is 28.2 Å². The van der Waals surface area contributed by atoms with Crippen molar-refractivity contribution < 1.29 is 22.7 Å². The Kier molecular flexibility index (Phi) is 6.63. The summed E-state index contributed by atoms with van der Waals surface area (Å²) in [6.07, 6.45) is 0.113. The van der Waals surface area contributed by atoms with Gasteiger partial charge in [0.05, 0.1) is 40.6 Å². The maximum absolute atomic E-state index is 12.8. The normalized spacial score (nSPS) is 22.2. The zero-order chi connectivity index (χ0) is 20.5. The zero-order valence-corrected chi connectivity index (χ0v) is 17.6. The van der Waals surface area contributed by atoms with E-state index in [4.69, 9.17) is 27.9 Å². The van der Waals surface area contributed by atoms with Crippen molar-refractivity contribution in [2.75, 3.05) is 46.4 Å². The van der Waals surface area contributed by atoms with Crippen LogP contribution in [0.3, 0.4) is 0 Å². The highest BCUT2D eigenvalue weighted by Gasteiger charge is 2.43. The number of piperazine rings is 1. The number of hydrogen-bond donors (Lipinski definition) is 0. The molecule has 2 saturated heterocycles. The van der Waals surface area contributed by atoms with Crippen LogP contribution in [0.1, 0.15) is 6.42 Å². The summed E-state index contributed by atoms with van der Waals surface area (Å²) in [5.74, 6) is -0.472. The molecule has 1 aromatic rings. The summed E-state index contributed by atoms with van der Waals surface area (Å²) in [7, 11) is -2.20. The average Bonchev–Trinajstić information content (AvgIpc) is 2.96. The minimum atomic E-state index is -3.71. The van der Waals surface area contributed by atoms with Crippen molar-refractivity contribution >= 4 is 45.0 Å². The highest BCUT2D eigenvalue weighted by molar-refractivity contribution is 7.89. The Bertz CT molecular complexity index is 872. The molecule has 2 aliphatic rings. The molecule has 2 fully saturated rings. The van der Waals surface area contributed by atoms with Gasteiger partial charge in [-0.05, 0) is 18.2 Å². The first-order valence-electron chi connectivity index (χ1n) is 8.78. The summed E-state index contributed by atoms with van der Waals surface area (Å²) in [5, 5.41) is 0.459. The molecule has 11 heteroatoms. The molecule has 8 nitrogen and oxygen atoms in total. The third-order valence-corrected chi connectivity index (χ3v) is 7.62. The van der Waals surface area contributed by atoms with Crippen LogP contribution in [0, 0.1) is 0 Å². The molecule has 1 aromatic carbocycles. The maximum atomic E-state index is 12.8. The van der Waals surface area contributed by atoms with Gasteiger partial charge in [-0.15, -0.1) is 0 Å². The molecule has 0 bridgehead atoms. The summed E-state index contributed by atoms with van der Waals surface area (Å²) in [5.41, 5.74) is 0. The van der Waals surface area contributed by atoms with E-state index in [1.807, 2.05) is 4.90 Å². The van der Waals surface area contributed by atoms with Gasteiger partial charge in [-0.1, -0.05) is 23.2 Å². The second kappa shape index (κ2) is 8.64. The third kappa shape index (κ3) is 4.19. The lowest BCUT2D eigenvalue weighted by atomic mass is 10.2. The molecule has 0 unspecified atom stereocenters. The monoisotopic (exact) mass is 449 g/mol. The first-order valence-corrected chi connectivity index (χ1v) is 11.0. The Hall–Kier alpha value is -1.23. The lowest BCUT2D eigenvalue weighted by Gasteiger charge is -2.36. The number of imide groups is 1. The van der Waals surface area contributed by atoms with Gasteiger partial charge in [0.2, 0.25) is 21.8 Å². The fraction of sp³-hybridized carbons (Fsp3) is 0.529. The highest BCUT2D eigenvalue weighted by Crippen LogP contribution is 2.28. The summed E-state index contributed by atoms with van der Waals surface area (Å²) < 4.78 is 31.9. The molecule has 0 saturated carbocycles. The molecule has 0 spiro atoms. The number of halogens is 2. The van der Waals surface area contributed by atoms with Gasteiger partial charge in [-0.25, -0.2) is 8.42 Å². The van der Waals surface area contributed by atoms with E-state index in [0.717, 1.165) is 0 Å². The van der Waals surface area contributed by atoms with Crippen LogP contribution in [0.5, 0.6) is 0 Å². The molecule has 0 aromatic heterocycles. The van der Waals surface area contributed by atoms with Crippen molar-refractivity contribution in [3.63, 3.8) is 0 Å². The van der Waals surface area contributed by atoms with Crippen LogP contribution in [-0.4, -0.2) is 86.8 Å². The molecule has 2 aliphatic heterocycles. The largest absolute Gasteiger partial charge is 0.383 e. The smallest absolute Gasteiger partial charge is 0.247 e. The second-order valence-corrected chi connectivity index (χ2v) is 9.36. The second-order valence-electron chi connectivity index (χ2n) is 6.61. The van der Waals surface area contributed by atoms with Crippen molar-refractivity contribution in [2.24, 2.45) is 0 Å². The standard InChI is InChI=1S/C17H21Cl2N3O5S/c1-27-9-8-22-16(23)11-15(17(22)24)20-4-6-21(7-5-20)28(25,26)12-2-3-13(18)14(19)10-12/h2-3,10,15H,4-9,11H2,1H3/t15-/m1/s1. The molecule has 2 heterocycles. The van der Waals surface area contributed by atoms with Gasteiger partial charge in [0.15, 0.2) is 0 Å². The minimum Gasteiger partial charge on any atom is -0.383 e. The number of sulfonamides is 1. The molecular formula is C17H21Cl2N3O5S. The van der Waals surface area contributed by atoms with E-state index >= 15 is 0 Å². The Labute approximate surface area is 174 Å². The van der Waals surface area contributed by atoms with Crippen molar-refractivity contribution in [1.29, 1.82) is 0 Å². The van der Waals surface area contributed by atoms with Crippen LogP contribution in [-0.2, 0) is 24.3 Å². The molecule has 28 heavy (non-hydrogen) atoms. The van der Waals surface area contributed by atoms with Gasteiger partial charge in [0, 0.05) is 33.3 Å². The predicted molar refractivity (Wildman–Crippen MR) is 104 cm³/mol. The van der Waals surface area contributed by atoms with E-state index < -0.39 is 16.1 Å². The summed E-state index contributed by atoms with van der Waals surface area (Å²) in [4.78, 5) is 27.8. The van der Waals surface area contributed by atoms with Crippen molar-refractivity contribution in [3.8, 4) is 0 Å². The number of hydrogen-bond acceptors (Lipinski definition) is 6. The number of carbonyl (C=O) groups excluding carboxylic acids is 2. The molecule has 2 amide bonds. The molecule has 154 valence electrons. The van der Waals surface area contributed by atoms with Crippen LogP contribution in [0.25, 0.3) is 0 Å². The van der Waals surface area contributed by atoms with Crippen LogP contribution in [0.2, 0.25) is 10.0 Å². The van der Waals surface area contributed by atoms with Gasteiger partial charge >= 0.3 is 0 Å². The topological polar surface area (TPSA) is 87.2 Å². The van der Waals surface area contributed by atoms with E-state index in [1.54, 1.807) is 0 Å². The summed E-state index contributed by atoms with van der Waals surface area (Å²) in [6, 6.07) is 3.66. The van der Waals surface area contributed by atoms with Crippen molar-refractivity contribution in [2.45, 2.75) is 17.4 Å². The van der Waals surface area contributed by atoms with Crippen molar-refractivity contribution in [1.82, 2.24) is 14.1 Å². The number of likely N-dealkylation sites (tertiary alicyclic amines) is 1. The Balaban J connectivity index is 1.65. The van der Waals surface area contributed by atoms with Gasteiger partial charge in [-0.2, -0.15) is 4.31 Å². The summed E-state index contributed by atoms with van der Waals surface area (Å²) >= 11 is 11.8. The van der Waals surface area contributed by atoms with Gasteiger partial charge in [0.1, 0.15) is 0 Å². The molecule has 0 radical (unpaired) electrons. The Morgan fingerprint density at radius 2 is 1.79 bits per heavy atom. The quantitative estimate of drug-likeness (QED) is 0.603. The molecule has 0 N–H and O–H groups in total. The van der Waals surface area contributed by atoms with Crippen LogP contribution in [0.4, 0.5) is 0 Å². The zero-order valence-electron chi connectivity index (χ0n) is 15.3. The number of ether oxygens (including phenoxy) is 1. The number of amides is 2. The van der Waals surface area contributed by atoms with E-state index in [0.29, 0.717) is 19.7 Å². The average molecular weight is 450 g/mol. The van der Waals surface area contributed by atoms with Gasteiger partial charge < -0.3 is 4.74 Å². The molecular weight excluding hydrogens is 429 g/mol. The molecule has 1 atom stereocenters. The van der Waals surface area contributed by atoms with E-state index in [2.05, 4.69) is 0 Å². The lowest BCUT2D eigenvalue weighted by molar-refractivity contribution is -0.140. The van der Waals surface area contributed by atoms with E-state index in [9.17, 15) is 18.0 Å². The number of carbonyl (C=O) groups is 2. The third-order valence-electron chi connectivity index (χ3n) is 4.98. The maximum Gasteiger partial charge on any atom is 0.247 e.